The number of aromatic nitrogens is 6. The van der Waals surface area contributed by atoms with E-state index in [0.29, 0.717) is 11.4 Å². The smallest absolute Gasteiger partial charge is 0.744 e. The molecule has 6 rings (SSSR count). The minimum absolute atomic E-state index is 0. The number of nitrogens with zero attached hydrogens (tertiary/aromatic N) is 6. The summed E-state index contributed by atoms with van der Waals surface area (Å²) in [5.41, 5.74) is 0.199. The number of carboxylic acids is 4. The molecule has 0 spiro atoms. The van der Waals surface area contributed by atoms with Crippen LogP contribution in [0.5, 0.6) is 0 Å². The molecule has 0 radical (unpaired) electrons. The number of anilines is 10. The molecule has 2 aromatic heterocycles. The number of hydrogen-bond acceptors (Lipinski definition) is 26. The molecule has 0 aliphatic heterocycles. The normalized spacial score (nSPS) is 11.3. The maximum atomic E-state index is 12.6. The quantitative estimate of drug-likeness (QED) is 0.0186. The van der Waals surface area contributed by atoms with Gasteiger partial charge in [-0.2, -0.15) is 29.9 Å². The number of nitrogens with one attached hydrogen (secondary N) is 6. The molecule has 6 N–H and O–H groups in total. The van der Waals surface area contributed by atoms with Crippen molar-refractivity contribution in [1.29, 1.82) is 0 Å². The maximum absolute atomic E-state index is 12.6. The molecule has 76 heavy (non-hydrogen) atoms. The van der Waals surface area contributed by atoms with Crippen molar-refractivity contribution in [3.8, 4) is 0 Å². The molecule has 0 saturated heterocycles. The van der Waals surface area contributed by atoms with Crippen molar-refractivity contribution in [3.05, 3.63) is 108 Å². The standard InChI is InChI=1S/C42H40N12O14S2.6Na/c55-33(56)19-17-29(35(59)60)47-41-51-37(43-25-7-3-1-4-8-25)49-39(53-41)45-27-15-13-23(31(21-27)69(63,64)65)11-12-24-14-16-28(22-32(24)70(66,67)68)46-40-50-38(44-26-9-5-2-6-10-26)52-42(54-40)48-30(36(61)62)18-20-34(57)58;;;;;;/h1-16,21-22,29-30H,17-20H2,(H,55,56)(H,57,58)(H,59,60)(H,61,62)(H,63,64,65)(H,66,67,68)(H3,43,45,47,49,51,53)(H3,44,46,48,50,52,54);;;;;;/q;6*+1/p-6/b12-11+;;;;;;. The molecule has 2 unspecified atom stereocenters. The molecule has 0 aliphatic rings. The zero-order valence-corrected chi connectivity index (χ0v) is 55.2. The number of carbonyl (C=O) groups excluding carboxylic acids is 4. The van der Waals surface area contributed by atoms with Crippen LogP contribution in [0.3, 0.4) is 0 Å². The van der Waals surface area contributed by atoms with Gasteiger partial charge in [0, 0.05) is 34.7 Å². The SMILES string of the molecule is O=C([O-])CCC(Nc1nc(Nc2ccccc2)nc(Nc2ccc(/C=C/c3ccc(Nc4nc(Nc5ccccc5)nc(NC(CCC(=O)[O-])C(=O)[O-])n4)cc3S(=O)(=O)[O-])c(S(=O)(=O)[O-])c2)n1)C(=O)[O-].[Na+].[Na+].[Na+].[Na+].[Na+].[Na+]. The van der Waals surface area contributed by atoms with Crippen LogP contribution in [0.25, 0.3) is 12.2 Å². The molecule has 0 bridgehead atoms. The van der Waals surface area contributed by atoms with Crippen LogP contribution in [-0.2, 0) is 39.4 Å². The van der Waals surface area contributed by atoms with E-state index in [1.54, 1.807) is 60.7 Å². The van der Waals surface area contributed by atoms with Crippen molar-refractivity contribution in [2.75, 3.05) is 31.9 Å². The summed E-state index contributed by atoms with van der Waals surface area (Å²) in [6.07, 6.45) is -0.187. The molecule has 0 amide bonds. The van der Waals surface area contributed by atoms with Crippen LogP contribution in [0.15, 0.2) is 107 Å². The zero-order valence-electron chi connectivity index (χ0n) is 41.6. The first kappa shape index (κ1) is 73.1. The maximum Gasteiger partial charge on any atom is 1.00 e. The average molecular weight is 1130 g/mol. The van der Waals surface area contributed by atoms with Crippen LogP contribution in [0.1, 0.15) is 36.8 Å². The second kappa shape index (κ2) is 34.3. The van der Waals surface area contributed by atoms with Gasteiger partial charge < -0.3 is 80.6 Å². The van der Waals surface area contributed by atoms with Gasteiger partial charge in [0.05, 0.1) is 33.8 Å². The molecule has 2 heterocycles. The van der Waals surface area contributed by atoms with E-state index in [4.69, 9.17) is 0 Å². The van der Waals surface area contributed by atoms with Crippen molar-refractivity contribution < 1.29 is 243 Å². The Morgan fingerprint density at radius 1 is 0.434 bits per heavy atom. The molecule has 26 nitrogen and oxygen atoms in total. The van der Waals surface area contributed by atoms with E-state index >= 15 is 0 Å². The van der Waals surface area contributed by atoms with Gasteiger partial charge in [0.15, 0.2) is 0 Å². The third-order valence-electron chi connectivity index (χ3n) is 9.30. The van der Waals surface area contributed by atoms with Crippen molar-refractivity contribution in [2.24, 2.45) is 0 Å². The van der Waals surface area contributed by atoms with E-state index in [1.165, 1.54) is 12.1 Å². The third kappa shape index (κ3) is 23.5. The first-order valence-corrected chi connectivity index (χ1v) is 22.9. The van der Waals surface area contributed by atoms with E-state index in [9.17, 15) is 65.5 Å². The monoisotopic (exact) mass is 1130 g/mol. The largest absolute Gasteiger partial charge is 1.00 e. The second-order valence-electron chi connectivity index (χ2n) is 14.4. The van der Waals surface area contributed by atoms with Gasteiger partial charge in [0.1, 0.15) is 20.2 Å². The summed E-state index contributed by atoms with van der Waals surface area (Å²) in [6, 6.07) is 20.2. The van der Waals surface area contributed by atoms with Gasteiger partial charge in [-0.1, -0.05) is 60.7 Å². The molecule has 34 heteroatoms. The Morgan fingerprint density at radius 3 is 1.00 bits per heavy atom. The van der Waals surface area contributed by atoms with E-state index in [2.05, 4.69) is 61.8 Å². The van der Waals surface area contributed by atoms with E-state index in [-0.39, 0.29) is 236 Å². The summed E-state index contributed by atoms with van der Waals surface area (Å²) in [5.74, 6) is -8.19. The van der Waals surface area contributed by atoms with Gasteiger partial charge in [-0.25, -0.2) is 16.8 Å². The minimum atomic E-state index is -5.30. The summed E-state index contributed by atoms with van der Waals surface area (Å²) >= 11 is 0. The predicted octanol–water partition coefficient (Wildman–Crippen LogP) is -18.8. The van der Waals surface area contributed by atoms with Gasteiger partial charge in [-0.15, -0.1) is 0 Å². The molecule has 6 aromatic rings. The number of benzene rings is 4. The van der Waals surface area contributed by atoms with E-state index in [0.717, 1.165) is 36.4 Å². The second-order valence-corrected chi connectivity index (χ2v) is 17.1. The molecule has 0 fully saturated rings. The van der Waals surface area contributed by atoms with E-state index in [1.807, 2.05) is 0 Å². The van der Waals surface area contributed by atoms with Gasteiger partial charge in [-0.3, -0.25) is 0 Å². The van der Waals surface area contributed by atoms with Crippen LogP contribution < -0.4 is 230 Å². The molecular formula is C42H34N12Na6O14S2. The van der Waals surface area contributed by atoms with Gasteiger partial charge >= 0.3 is 177 Å². The van der Waals surface area contributed by atoms with Crippen LogP contribution in [0.4, 0.5) is 58.4 Å². The van der Waals surface area contributed by atoms with Crippen LogP contribution in [0, 0.1) is 0 Å². The summed E-state index contributed by atoms with van der Waals surface area (Å²) < 4.78 is 75.6. The Morgan fingerprint density at radius 2 is 0.724 bits per heavy atom. The van der Waals surface area contributed by atoms with Crippen molar-refractivity contribution in [3.63, 3.8) is 0 Å². The molecular weight excluding hydrogens is 1100 g/mol. The molecule has 0 saturated carbocycles. The number of rotatable bonds is 24. The Hall–Kier alpha value is -2.86. The van der Waals surface area contributed by atoms with Crippen LogP contribution in [0.2, 0.25) is 0 Å². The number of carbonyl (C=O) groups is 4. The fourth-order valence-corrected chi connectivity index (χ4v) is 7.50. The Kier molecular flexibility index (Phi) is 33.0. The molecule has 0 aliphatic carbocycles. The number of hydrogen-bond donors (Lipinski definition) is 6. The fraction of sp³-hybridized carbons (Fsp3) is 0.143. The average Bonchev–Trinajstić information content (AvgIpc) is 3.28. The first-order valence-electron chi connectivity index (χ1n) is 20.1. The zero-order chi connectivity index (χ0) is 50.6. The van der Waals surface area contributed by atoms with Gasteiger partial charge in [-0.05, 0) is 85.3 Å². The van der Waals surface area contributed by atoms with Crippen molar-refractivity contribution in [1.82, 2.24) is 29.9 Å². The van der Waals surface area contributed by atoms with Gasteiger partial charge in [0.2, 0.25) is 35.7 Å². The van der Waals surface area contributed by atoms with Crippen LogP contribution in [-0.4, -0.2) is 91.8 Å². The summed E-state index contributed by atoms with van der Waals surface area (Å²) in [7, 11) is -10.6. The summed E-state index contributed by atoms with van der Waals surface area (Å²) in [4.78, 5) is 68.8. The van der Waals surface area contributed by atoms with E-state index < -0.39 is 91.7 Å². The van der Waals surface area contributed by atoms with Crippen molar-refractivity contribution >= 4 is 115 Å². The number of aliphatic carboxylic acids is 4. The summed E-state index contributed by atoms with van der Waals surface area (Å²) in [5, 5.41) is 61.7. The Balaban J connectivity index is 0.00000937. The Labute approximate surface area is 567 Å². The molecule has 364 valence electrons. The molecule has 4 aromatic carbocycles. The first-order chi connectivity index (χ1) is 33.2. The summed E-state index contributed by atoms with van der Waals surface area (Å²) in [6.45, 7) is 0. The minimum Gasteiger partial charge on any atom is -0.744 e. The van der Waals surface area contributed by atoms with Gasteiger partial charge in [0.25, 0.3) is 0 Å². The topological polar surface area (TPSA) is 424 Å². The van der Waals surface area contributed by atoms with Crippen LogP contribution >= 0.6 is 0 Å². The Bertz CT molecular complexity index is 2990. The predicted molar refractivity (Wildman–Crippen MR) is 237 cm³/mol. The van der Waals surface area contributed by atoms with Crippen molar-refractivity contribution in [2.45, 2.75) is 47.6 Å². The molecule has 2 atom stereocenters. The fourth-order valence-electron chi connectivity index (χ4n) is 6.11. The third-order valence-corrected chi connectivity index (χ3v) is 11.1. The number of carboxylic acid groups (broad SMARTS) is 4. The number of para-hydroxylation sites is 2.